The molecule has 2 saturated carbocycles. The van der Waals surface area contributed by atoms with Gasteiger partial charge in [-0.15, -0.1) is 0 Å². The van der Waals surface area contributed by atoms with Crippen molar-refractivity contribution < 1.29 is 18.0 Å². The molecule has 2 nitrogen and oxygen atoms in total. The molecule has 3 aliphatic carbocycles. The molecule has 146 valence electrons. The van der Waals surface area contributed by atoms with Gasteiger partial charge in [-0.1, -0.05) is 42.7 Å². The number of hydrogen-bond acceptors (Lipinski definition) is 1. The largest absolute Gasteiger partial charge is 0.417 e. The summed E-state index contributed by atoms with van der Waals surface area (Å²) in [5, 5.41) is -0.293. The maximum Gasteiger partial charge on any atom is 0.417 e. The van der Waals surface area contributed by atoms with E-state index in [0.29, 0.717) is 17.4 Å². The van der Waals surface area contributed by atoms with Crippen molar-refractivity contribution in [2.75, 3.05) is 0 Å². The summed E-state index contributed by atoms with van der Waals surface area (Å²) in [4.78, 5) is 15.0. The molecule has 2 bridgehead atoms. The Balaban J connectivity index is 1.59. The highest BCUT2D eigenvalue weighted by Crippen LogP contribution is 2.42. The van der Waals surface area contributed by atoms with E-state index in [1.807, 2.05) is 0 Å². The summed E-state index contributed by atoms with van der Waals surface area (Å²) < 4.78 is 39.5. The molecule has 0 N–H and O–H groups in total. The maximum atomic E-state index is 13.3. The van der Waals surface area contributed by atoms with Gasteiger partial charge in [-0.25, -0.2) is 0 Å². The Labute approximate surface area is 162 Å². The third kappa shape index (κ3) is 3.89. The van der Waals surface area contributed by atoms with Crippen LogP contribution in [0.5, 0.6) is 0 Å². The highest BCUT2D eigenvalue weighted by molar-refractivity contribution is 6.32. The van der Waals surface area contributed by atoms with Gasteiger partial charge >= 0.3 is 6.18 Å². The molecule has 0 heterocycles. The van der Waals surface area contributed by atoms with Gasteiger partial charge in [-0.05, 0) is 55.6 Å². The summed E-state index contributed by atoms with van der Waals surface area (Å²) in [7, 11) is 0. The molecule has 2 fully saturated rings. The van der Waals surface area contributed by atoms with Crippen LogP contribution >= 0.6 is 11.6 Å². The van der Waals surface area contributed by atoms with Gasteiger partial charge in [-0.2, -0.15) is 13.2 Å². The number of halogens is 4. The zero-order chi connectivity index (χ0) is 19.2. The number of hydrogen-bond donors (Lipinski definition) is 0. The predicted octanol–water partition coefficient (Wildman–Crippen LogP) is 5.99. The van der Waals surface area contributed by atoms with E-state index in [9.17, 15) is 18.0 Å². The molecule has 1 aromatic rings. The number of carbonyl (C=O) groups is 1. The fraction of sp³-hybridized carbons (Fsp3) is 0.571. The van der Waals surface area contributed by atoms with Crippen LogP contribution in [0.1, 0.15) is 56.1 Å². The van der Waals surface area contributed by atoms with Crippen LogP contribution in [0.15, 0.2) is 29.8 Å². The van der Waals surface area contributed by atoms with Crippen molar-refractivity contribution in [1.82, 2.24) is 4.90 Å². The lowest BCUT2D eigenvalue weighted by molar-refractivity contribution is -0.137. The monoisotopic (exact) mass is 397 g/mol. The average Bonchev–Trinajstić information content (AvgIpc) is 3.45. The van der Waals surface area contributed by atoms with E-state index in [1.165, 1.54) is 12.5 Å². The zero-order valence-electron chi connectivity index (χ0n) is 15.1. The van der Waals surface area contributed by atoms with Crippen LogP contribution in [0.2, 0.25) is 5.02 Å². The van der Waals surface area contributed by atoms with E-state index in [4.69, 9.17) is 11.6 Å². The Kier molecular flexibility index (Phi) is 5.00. The van der Waals surface area contributed by atoms with Gasteiger partial charge < -0.3 is 4.90 Å². The molecular weight excluding hydrogens is 375 g/mol. The van der Waals surface area contributed by atoms with Crippen molar-refractivity contribution in [3.8, 4) is 0 Å². The lowest BCUT2D eigenvalue weighted by atomic mass is 9.72. The molecule has 1 aromatic carbocycles. The Morgan fingerprint density at radius 2 is 1.96 bits per heavy atom. The van der Waals surface area contributed by atoms with Crippen LogP contribution < -0.4 is 0 Å². The summed E-state index contributed by atoms with van der Waals surface area (Å²) in [5.41, 5.74) is 0.405. The normalized spacial score (nSPS) is 25.1. The molecule has 0 spiro atoms. The first-order chi connectivity index (χ1) is 12.8. The van der Waals surface area contributed by atoms with Crippen LogP contribution in [0.4, 0.5) is 13.2 Å². The molecule has 0 aromatic heterocycles. The number of fused-ring (bicyclic) bond motifs is 2. The fourth-order valence-corrected chi connectivity index (χ4v) is 4.83. The van der Waals surface area contributed by atoms with Gasteiger partial charge in [0.15, 0.2) is 0 Å². The Bertz CT molecular complexity index is 769. The smallest absolute Gasteiger partial charge is 0.332 e. The predicted molar refractivity (Wildman–Crippen MR) is 98.2 cm³/mol. The number of benzene rings is 1. The van der Waals surface area contributed by atoms with E-state index in [2.05, 4.69) is 6.08 Å². The lowest BCUT2D eigenvalue weighted by Crippen LogP contribution is -2.37. The van der Waals surface area contributed by atoms with Crippen LogP contribution in [-0.4, -0.2) is 16.8 Å². The topological polar surface area (TPSA) is 20.3 Å². The lowest BCUT2D eigenvalue weighted by Gasteiger charge is -2.36. The average molecular weight is 398 g/mol. The van der Waals surface area contributed by atoms with Crippen molar-refractivity contribution >= 4 is 17.5 Å². The molecule has 3 aliphatic rings. The number of allylic oxidation sites excluding steroid dienone is 1. The minimum atomic E-state index is -4.50. The van der Waals surface area contributed by atoms with E-state index in [-0.39, 0.29) is 23.5 Å². The number of nitrogens with zero attached hydrogens (tertiary/aromatic N) is 1. The van der Waals surface area contributed by atoms with Crippen LogP contribution in [0, 0.1) is 11.8 Å². The van der Waals surface area contributed by atoms with Gasteiger partial charge in [-0.3, -0.25) is 4.79 Å². The molecule has 4 rings (SSSR count). The fourth-order valence-electron chi connectivity index (χ4n) is 4.53. The number of alkyl halides is 3. The quantitative estimate of drug-likeness (QED) is 0.611. The minimum Gasteiger partial charge on any atom is -0.332 e. The van der Waals surface area contributed by atoms with Gasteiger partial charge in [0.25, 0.3) is 0 Å². The SMILES string of the molecule is O=C(C1=CCC2CCCC1C2)N(Cc1cccc(C(F)(F)F)c1Cl)C1CC1. The second kappa shape index (κ2) is 7.16. The highest BCUT2D eigenvalue weighted by atomic mass is 35.5. The van der Waals surface area contributed by atoms with E-state index in [1.54, 1.807) is 11.0 Å². The number of amides is 1. The standard InChI is InChI=1S/C21H23ClF3NO/c22-19-15(5-2-6-18(19)21(23,24)25)12-26(16-8-9-16)20(27)17-10-7-13-3-1-4-14(17)11-13/h2,5-6,10,13-14,16H,1,3-4,7-9,11-12H2. The Morgan fingerprint density at radius 3 is 2.67 bits per heavy atom. The summed E-state index contributed by atoms with van der Waals surface area (Å²) >= 11 is 6.06. The van der Waals surface area contributed by atoms with Gasteiger partial charge in [0.2, 0.25) is 5.91 Å². The molecule has 27 heavy (non-hydrogen) atoms. The van der Waals surface area contributed by atoms with Gasteiger partial charge in [0.1, 0.15) is 0 Å². The van der Waals surface area contributed by atoms with E-state index in [0.717, 1.165) is 50.2 Å². The van der Waals surface area contributed by atoms with Crippen molar-refractivity contribution in [2.45, 2.75) is 63.7 Å². The Morgan fingerprint density at radius 1 is 1.19 bits per heavy atom. The van der Waals surface area contributed by atoms with Gasteiger partial charge in [0, 0.05) is 18.2 Å². The molecule has 0 radical (unpaired) electrons. The molecule has 6 heteroatoms. The van der Waals surface area contributed by atoms with Crippen LogP contribution in [-0.2, 0) is 17.5 Å². The molecule has 0 saturated heterocycles. The summed E-state index contributed by atoms with van der Waals surface area (Å²) in [5.74, 6) is 0.993. The first-order valence-electron chi connectivity index (χ1n) is 9.70. The summed E-state index contributed by atoms with van der Waals surface area (Å²) in [6.45, 7) is 0.139. The third-order valence-electron chi connectivity index (χ3n) is 6.11. The minimum absolute atomic E-state index is 0.00340. The van der Waals surface area contributed by atoms with Crippen molar-refractivity contribution in [3.63, 3.8) is 0 Å². The van der Waals surface area contributed by atoms with E-state index >= 15 is 0 Å². The molecular formula is C21H23ClF3NO. The number of carbonyl (C=O) groups excluding carboxylic acids is 1. The van der Waals surface area contributed by atoms with Crippen LogP contribution in [0.3, 0.4) is 0 Å². The molecule has 2 atom stereocenters. The summed E-state index contributed by atoms with van der Waals surface area (Å²) in [6, 6.07) is 4.06. The highest BCUT2D eigenvalue weighted by Gasteiger charge is 2.39. The molecule has 0 aliphatic heterocycles. The van der Waals surface area contributed by atoms with Crippen molar-refractivity contribution in [1.29, 1.82) is 0 Å². The summed E-state index contributed by atoms with van der Waals surface area (Å²) in [6.07, 6.45) is 4.85. The first kappa shape index (κ1) is 18.9. The van der Waals surface area contributed by atoms with Crippen molar-refractivity contribution in [3.05, 3.63) is 46.0 Å². The van der Waals surface area contributed by atoms with Crippen LogP contribution in [0.25, 0.3) is 0 Å². The second-order valence-corrected chi connectivity index (χ2v) is 8.44. The second-order valence-electron chi connectivity index (χ2n) is 8.07. The van der Waals surface area contributed by atoms with E-state index < -0.39 is 11.7 Å². The molecule has 1 amide bonds. The first-order valence-corrected chi connectivity index (χ1v) is 10.1. The third-order valence-corrected chi connectivity index (χ3v) is 6.56. The molecule has 2 unspecified atom stereocenters. The maximum absolute atomic E-state index is 13.3. The van der Waals surface area contributed by atoms with Gasteiger partial charge in [0.05, 0.1) is 10.6 Å². The number of rotatable bonds is 4. The Hall–Kier alpha value is -1.49. The zero-order valence-corrected chi connectivity index (χ0v) is 15.8. The van der Waals surface area contributed by atoms with Crippen molar-refractivity contribution in [2.24, 2.45) is 11.8 Å².